The fraction of sp³-hybridized carbons (Fsp3) is 0.188. The fourth-order valence-corrected chi connectivity index (χ4v) is 1.93. The van der Waals surface area contributed by atoms with Crippen molar-refractivity contribution >= 4 is 11.4 Å². The van der Waals surface area contributed by atoms with Crippen molar-refractivity contribution < 1.29 is 0 Å². The number of nitrogens with two attached hydrogens (primary N) is 1. The van der Waals surface area contributed by atoms with Crippen LogP contribution in [0.4, 0.5) is 11.4 Å². The van der Waals surface area contributed by atoms with Gasteiger partial charge in [-0.2, -0.15) is 5.26 Å². The number of aryl methyl sites for hydroxylation is 1. The molecular formula is C16H17N3. The van der Waals surface area contributed by atoms with Gasteiger partial charge in [-0.05, 0) is 37.6 Å². The summed E-state index contributed by atoms with van der Waals surface area (Å²) in [7, 11) is 0. The van der Waals surface area contributed by atoms with Gasteiger partial charge in [-0.3, -0.25) is 0 Å². The lowest BCUT2D eigenvalue weighted by atomic mass is 10.1. The van der Waals surface area contributed by atoms with Crippen molar-refractivity contribution in [2.75, 3.05) is 11.1 Å². The molecule has 0 saturated carbocycles. The summed E-state index contributed by atoms with van der Waals surface area (Å²) >= 11 is 0. The van der Waals surface area contributed by atoms with E-state index in [1.54, 1.807) is 12.1 Å². The molecule has 1 atom stereocenters. The average molecular weight is 251 g/mol. The molecule has 3 N–H and O–H groups in total. The summed E-state index contributed by atoms with van der Waals surface area (Å²) in [5.74, 6) is 0. The Kier molecular flexibility index (Phi) is 3.72. The zero-order valence-electron chi connectivity index (χ0n) is 11.1. The molecule has 2 aromatic carbocycles. The van der Waals surface area contributed by atoms with E-state index in [1.165, 1.54) is 11.1 Å². The van der Waals surface area contributed by atoms with E-state index in [1.807, 2.05) is 6.07 Å². The molecule has 2 rings (SSSR count). The highest BCUT2D eigenvalue weighted by Crippen LogP contribution is 2.22. The Morgan fingerprint density at radius 3 is 2.47 bits per heavy atom. The van der Waals surface area contributed by atoms with Crippen LogP contribution in [0.5, 0.6) is 0 Å². The minimum absolute atomic E-state index is 0.177. The predicted octanol–water partition coefficient (Wildman–Crippen LogP) is 3.62. The third-order valence-corrected chi connectivity index (χ3v) is 3.13. The van der Waals surface area contributed by atoms with Gasteiger partial charge in [0.25, 0.3) is 0 Å². The van der Waals surface area contributed by atoms with Crippen LogP contribution in [0, 0.1) is 18.3 Å². The number of hydrogen-bond donors (Lipinski definition) is 2. The largest absolute Gasteiger partial charge is 0.398 e. The first kappa shape index (κ1) is 13.0. The maximum Gasteiger partial charge on any atom is 0.101 e. The lowest BCUT2D eigenvalue weighted by Gasteiger charge is -2.16. The number of nitrogens with zero attached hydrogens (tertiary/aromatic N) is 1. The summed E-state index contributed by atoms with van der Waals surface area (Å²) < 4.78 is 0. The molecule has 2 aromatic rings. The molecule has 0 saturated heterocycles. The van der Waals surface area contributed by atoms with Crippen LogP contribution in [0.15, 0.2) is 42.5 Å². The predicted molar refractivity (Wildman–Crippen MR) is 78.8 cm³/mol. The van der Waals surface area contributed by atoms with Crippen molar-refractivity contribution in [2.24, 2.45) is 0 Å². The van der Waals surface area contributed by atoms with E-state index in [2.05, 4.69) is 49.5 Å². The normalized spacial score (nSPS) is 11.6. The Hall–Kier alpha value is -2.47. The van der Waals surface area contributed by atoms with Crippen LogP contribution in [0.25, 0.3) is 0 Å². The van der Waals surface area contributed by atoms with Crippen LogP contribution in [-0.4, -0.2) is 0 Å². The SMILES string of the molecule is Cc1ccc(C(C)Nc2ccc(N)c(C#N)c2)cc1. The third kappa shape index (κ3) is 3.05. The Balaban J connectivity index is 2.17. The van der Waals surface area contributed by atoms with Crippen molar-refractivity contribution in [1.82, 2.24) is 0 Å². The van der Waals surface area contributed by atoms with Crippen LogP contribution in [0.3, 0.4) is 0 Å². The number of nitrogen functional groups attached to an aromatic ring is 1. The van der Waals surface area contributed by atoms with Gasteiger partial charge in [-0.25, -0.2) is 0 Å². The van der Waals surface area contributed by atoms with Crippen LogP contribution < -0.4 is 11.1 Å². The zero-order chi connectivity index (χ0) is 13.8. The summed E-state index contributed by atoms with van der Waals surface area (Å²) in [6.45, 7) is 4.16. The lowest BCUT2D eigenvalue weighted by Crippen LogP contribution is -2.07. The van der Waals surface area contributed by atoms with E-state index < -0.39 is 0 Å². The van der Waals surface area contributed by atoms with Crippen LogP contribution in [0.1, 0.15) is 29.7 Å². The first-order valence-electron chi connectivity index (χ1n) is 6.23. The highest BCUT2D eigenvalue weighted by molar-refractivity contribution is 5.62. The van der Waals surface area contributed by atoms with Gasteiger partial charge in [0.1, 0.15) is 6.07 Å². The van der Waals surface area contributed by atoms with E-state index in [0.717, 1.165) is 5.69 Å². The van der Waals surface area contributed by atoms with Crippen molar-refractivity contribution in [3.05, 3.63) is 59.2 Å². The lowest BCUT2D eigenvalue weighted by molar-refractivity contribution is 0.884. The van der Waals surface area contributed by atoms with E-state index in [-0.39, 0.29) is 6.04 Å². The summed E-state index contributed by atoms with van der Waals surface area (Å²) in [6, 6.07) is 16.1. The Morgan fingerprint density at radius 1 is 1.16 bits per heavy atom. The van der Waals surface area contributed by atoms with Gasteiger partial charge < -0.3 is 11.1 Å². The minimum atomic E-state index is 0.177. The maximum atomic E-state index is 8.97. The van der Waals surface area contributed by atoms with Gasteiger partial charge in [0.05, 0.1) is 5.56 Å². The first-order valence-corrected chi connectivity index (χ1v) is 6.23. The second-order valence-electron chi connectivity index (χ2n) is 4.69. The Bertz CT molecular complexity index is 609. The molecule has 0 heterocycles. The van der Waals surface area contributed by atoms with Crippen LogP contribution in [0.2, 0.25) is 0 Å². The second kappa shape index (κ2) is 5.45. The average Bonchev–Trinajstić information content (AvgIpc) is 2.41. The molecule has 0 aromatic heterocycles. The number of nitriles is 1. The van der Waals surface area contributed by atoms with Gasteiger partial charge in [0, 0.05) is 17.4 Å². The molecule has 3 heteroatoms. The molecule has 0 aliphatic heterocycles. The van der Waals surface area contributed by atoms with E-state index >= 15 is 0 Å². The molecular weight excluding hydrogens is 234 g/mol. The van der Waals surface area contributed by atoms with Gasteiger partial charge in [0.15, 0.2) is 0 Å². The van der Waals surface area contributed by atoms with Crippen LogP contribution in [-0.2, 0) is 0 Å². The van der Waals surface area contributed by atoms with Crippen molar-refractivity contribution in [3.8, 4) is 6.07 Å². The minimum Gasteiger partial charge on any atom is -0.398 e. The van der Waals surface area contributed by atoms with Gasteiger partial charge >= 0.3 is 0 Å². The summed E-state index contributed by atoms with van der Waals surface area (Å²) in [4.78, 5) is 0. The second-order valence-corrected chi connectivity index (χ2v) is 4.69. The summed E-state index contributed by atoms with van der Waals surface area (Å²) in [5, 5.41) is 12.3. The molecule has 0 spiro atoms. The van der Waals surface area contributed by atoms with Gasteiger partial charge in [0.2, 0.25) is 0 Å². The Morgan fingerprint density at radius 2 is 1.84 bits per heavy atom. The molecule has 0 amide bonds. The third-order valence-electron chi connectivity index (χ3n) is 3.13. The number of rotatable bonds is 3. The molecule has 0 radical (unpaired) electrons. The van der Waals surface area contributed by atoms with E-state index in [4.69, 9.17) is 11.0 Å². The molecule has 3 nitrogen and oxygen atoms in total. The van der Waals surface area contributed by atoms with Crippen molar-refractivity contribution in [2.45, 2.75) is 19.9 Å². The molecule has 19 heavy (non-hydrogen) atoms. The van der Waals surface area contributed by atoms with Crippen LogP contribution >= 0.6 is 0 Å². The number of anilines is 2. The quantitative estimate of drug-likeness (QED) is 0.819. The summed E-state index contributed by atoms with van der Waals surface area (Å²) in [5.41, 5.74) is 10.1. The Labute approximate surface area is 113 Å². The number of hydrogen-bond acceptors (Lipinski definition) is 3. The number of benzene rings is 2. The molecule has 0 fully saturated rings. The number of nitrogens with one attached hydrogen (secondary N) is 1. The monoisotopic (exact) mass is 251 g/mol. The van der Waals surface area contributed by atoms with E-state index in [9.17, 15) is 0 Å². The first-order chi connectivity index (χ1) is 9.10. The van der Waals surface area contributed by atoms with Gasteiger partial charge in [-0.15, -0.1) is 0 Å². The highest BCUT2D eigenvalue weighted by atomic mass is 14.9. The van der Waals surface area contributed by atoms with Gasteiger partial charge in [-0.1, -0.05) is 29.8 Å². The molecule has 0 aliphatic rings. The van der Waals surface area contributed by atoms with Crippen molar-refractivity contribution in [3.63, 3.8) is 0 Å². The smallest absolute Gasteiger partial charge is 0.101 e. The topological polar surface area (TPSA) is 61.8 Å². The molecule has 0 bridgehead atoms. The van der Waals surface area contributed by atoms with E-state index in [0.29, 0.717) is 11.3 Å². The standard InChI is InChI=1S/C16H17N3/c1-11-3-5-13(6-4-11)12(2)19-15-7-8-16(18)14(9-15)10-17/h3-9,12,19H,18H2,1-2H3. The highest BCUT2D eigenvalue weighted by Gasteiger charge is 2.06. The van der Waals surface area contributed by atoms with Crippen molar-refractivity contribution in [1.29, 1.82) is 5.26 Å². The zero-order valence-corrected chi connectivity index (χ0v) is 11.1. The molecule has 96 valence electrons. The summed E-state index contributed by atoms with van der Waals surface area (Å²) in [6.07, 6.45) is 0. The molecule has 0 aliphatic carbocycles. The maximum absolute atomic E-state index is 8.97. The fourth-order valence-electron chi connectivity index (χ4n) is 1.93. The molecule has 1 unspecified atom stereocenters.